The molecule has 0 spiro atoms. The molecule has 0 amide bonds. The minimum atomic E-state index is 0.302. The average Bonchev–Trinajstić information content (AvgIpc) is 3.55. The van der Waals surface area contributed by atoms with E-state index in [1.165, 1.54) is 12.0 Å². The molecule has 4 aromatic rings. The standard InChI is InChI=1S/C27H32N8O2/c28-27-26-23(24-4-7-30-34(24)20-5-12-36-13-6-20)15-25(35(26)31-18-29-27)19-2-1-3-21(14-19)32-8-10-33(11-9-32)22-16-37-17-22/h1-4,7,14-15,18,20,22H,5-6,8-13,16-17H2,(H2,28,29,31). The number of nitrogens with two attached hydrogens (primary N) is 1. The van der Waals surface area contributed by atoms with Crippen molar-refractivity contribution < 1.29 is 9.47 Å². The van der Waals surface area contributed by atoms with E-state index in [0.29, 0.717) is 17.9 Å². The Morgan fingerprint density at radius 3 is 2.49 bits per heavy atom. The second-order valence-electron chi connectivity index (χ2n) is 10.1. The van der Waals surface area contributed by atoms with E-state index in [-0.39, 0.29) is 0 Å². The number of rotatable bonds is 5. The van der Waals surface area contributed by atoms with E-state index in [0.717, 1.165) is 93.5 Å². The predicted octanol–water partition coefficient (Wildman–Crippen LogP) is 2.71. The van der Waals surface area contributed by atoms with E-state index < -0.39 is 0 Å². The molecule has 0 unspecified atom stereocenters. The van der Waals surface area contributed by atoms with Crippen LogP contribution in [0.4, 0.5) is 11.5 Å². The summed E-state index contributed by atoms with van der Waals surface area (Å²) >= 11 is 0. The van der Waals surface area contributed by atoms with E-state index in [9.17, 15) is 0 Å². The molecule has 0 atom stereocenters. The molecule has 10 nitrogen and oxygen atoms in total. The summed E-state index contributed by atoms with van der Waals surface area (Å²) in [5.41, 5.74) is 12.6. The third-order valence-corrected chi connectivity index (χ3v) is 8.02. The molecule has 0 radical (unpaired) electrons. The number of aromatic nitrogens is 5. The fourth-order valence-corrected chi connectivity index (χ4v) is 5.86. The van der Waals surface area contributed by atoms with Crippen LogP contribution in [0.2, 0.25) is 0 Å². The third-order valence-electron chi connectivity index (χ3n) is 8.02. The molecule has 37 heavy (non-hydrogen) atoms. The summed E-state index contributed by atoms with van der Waals surface area (Å²) in [6.07, 6.45) is 5.29. The monoisotopic (exact) mass is 500 g/mol. The van der Waals surface area contributed by atoms with Crippen LogP contribution < -0.4 is 10.6 Å². The summed E-state index contributed by atoms with van der Waals surface area (Å²) in [5.74, 6) is 0.461. The van der Waals surface area contributed by atoms with Gasteiger partial charge in [-0.3, -0.25) is 9.58 Å². The topological polar surface area (TPSA) is 99.0 Å². The summed E-state index contributed by atoms with van der Waals surface area (Å²) in [7, 11) is 0. The molecular weight excluding hydrogens is 468 g/mol. The molecule has 0 bridgehead atoms. The van der Waals surface area contributed by atoms with Crippen molar-refractivity contribution in [1.82, 2.24) is 29.3 Å². The van der Waals surface area contributed by atoms with Gasteiger partial charge in [0.1, 0.15) is 11.8 Å². The maximum Gasteiger partial charge on any atom is 0.152 e. The quantitative estimate of drug-likeness (QED) is 0.447. The zero-order valence-corrected chi connectivity index (χ0v) is 20.9. The maximum atomic E-state index is 6.44. The van der Waals surface area contributed by atoms with Crippen molar-refractivity contribution in [1.29, 1.82) is 0 Å². The minimum absolute atomic E-state index is 0.302. The summed E-state index contributed by atoms with van der Waals surface area (Å²) in [4.78, 5) is 9.35. The van der Waals surface area contributed by atoms with Gasteiger partial charge in [0.2, 0.25) is 0 Å². The highest BCUT2D eigenvalue weighted by molar-refractivity contribution is 5.91. The second-order valence-corrected chi connectivity index (χ2v) is 10.1. The molecule has 3 saturated heterocycles. The molecule has 2 N–H and O–H groups in total. The van der Waals surface area contributed by atoms with Crippen molar-refractivity contribution in [2.24, 2.45) is 0 Å². The van der Waals surface area contributed by atoms with Crippen LogP contribution in [-0.2, 0) is 9.47 Å². The first kappa shape index (κ1) is 22.7. The van der Waals surface area contributed by atoms with E-state index in [1.54, 1.807) is 0 Å². The molecule has 3 aromatic heterocycles. The van der Waals surface area contributed by atoms with E-state index in [2.05, 4.69) is 61.0 Å². The zero-order valence-electron chi connectivity index (χ0n) is 20.9. The Labute approximate surface area is 215 Å². The summed E-state index contributed by atoms with van der Waals surface area (Å²) < 4.78 is 15.0. The Morgan fingerprint density at radius 1 is 0.865 bits per heavy atom. The molecule has 0 aliphatic carbocycles. The number of ether oxygens (including phenoxy) is 2. The largest absolute Gasteiger partial charge is 0.382 e. The first-order valence-electron chi connectivity index (χ1n) is 13.2. The summed E-state index contributed by atoms with van der Waals surface area (Å²) in [6.45, 7) is 7.42. The van der Waals surface area contributed by atoms with Gasteiger partial charge in [-0.25, -0.2) is 9.50 Å². The number of hydrogen-bond donors (Lipinski definition) is 1. The van der Waals surface area contributed by atoms with Gasteiger partial charge in [-0.1, -0.05) is 12.1 Å². The molecule has 7 rings (SSSR count). The fourth-order valence-electron chi connectivity index (χ4n) is 5.86. The highest BCUT2D eigenvalue weighted by atomic mass is 16.5. The Hall–Kier alpha value is -3.47. The van der Waals surface area contributed by atoms with Gasteiger partial charge >= 0.3 is 0 Å². The SMILES string of the molecule is Nc1ncnn2c(-c3cccc(N4CCN(C5COC5)CC4)c3)cc(-c3ccnn3C3CCOCC3)c12. The van der Waals surface area contributed by atoms with Gasteiger partial charge in [0.25, 0.3) is 0 Å². The average molecular weight is 501 g/mol. The highest BCUT2D eigenvalue weighted by Crippen LogP contribution is 2.37. The molecule has 3 aliphatic heterocycles. The summed E-state index contributed by atoms with van der Waals surface area (Å²) in [5, 5.41) is 9.31. The van der Waals surface area contributed by atoms with Crippen molar-refractivity contribution in [2.45, 2.75) is 24.9 Å². The maximum absolute atomic E-state index is 6.44. The predicted molar refractivity (Wildman–Crippen MR) is 142 cm³/mol. The molecular formula is C27H32N8O2. The van der Waals surface area contributed by atoms with Crippen LogP contribution in [0.15, 0.2) is 48.9 Å². The lowest BCUT2D eigenvalue weighted by molar-refractivity contribution is -0.0660. The van der Waals surface area contributed by atoms with Gasteiger partial charge in [0, 0.05) is 62.4 Å². The highest BCUT2D eigenvalue weighted by Gasteiger charge is 2.29. The second kappa shape index (κ2) is 9.44. The van der Waals surface area contributed by atoms with Crippen LogP contribution in [0, 0.1) is 0 Å². The molecule has 192 valence electrons. The number of fused-ring (bicyclic) bond motifs is 1. The van der Waals surface area contributed by atoms with Crippen LogP contribution in [0.25, 0.3) is 28.0 Å². The van der Waals surface area contributed by atoms with Crippen LogP contribution in [0.3, 0.4) is 0 Å². The third kappa shape index (κ3) is 4.05. The van der Waals surface area contributed by atoms with Crippen LogP contribution in [0.1, 0.15) is 18.9 Å². The molecule has 3 aliphatic rings. The number of hydrogen-bond acceptors (Lipinski definition) is 8. The number of nitrogen functional groups attached to an aromatic ring is 1. The molecule has 1 aromatic carbocycles. The Balaban J connectivity index is 1.24. The fraction of sp³-hybridized carbons (Fsp3) is 0.444. The number of piperazine rings is 1. The normalized spacial score (nSPS) is 19.9. The van der Waals surface area contributed by atoms with E-state index in [4.69, 9.17) is 20.3 Å². The van der Waals surface area contributed by atoms with Gasteiger partial charge < -0.3 is 20.1 Å². The van der Waals surface area contributed by atoms with Crippen LogP contribution in [-0.4, -0.2) is 87.9 Å². The molecule has 6 heterocycles. The van der Waals surface area contributed by atoms with Gasteiger partial charge in [-0.05, 0) is 37.1 Å². The van der Waals surface area contributed by atoms with Gasteiger partial charge in [0.05, 0.1) is 36.7 Å². The molecule has 3 fully saturated rings. The molecule has 0 saturated carbocycles. The van der Waals surface area contributed by atoms with Crippen LogP contribution in [0.5, 0.6) is 0 Å². The summed E-state index contributed by atoms with van der Waals surface area (Å²) in [6, 6.07) is 13.9. The smallest absolute Gasteiger partial charge is 0.152 e. The van der Waals surface area contributed by atoms with Crippen molar-refractivity contribution in [2.75, 3.05) is 63.2 Å². The number of anilines is 2. The number of nitrogens with zero attached hydrogens (tertiary/aromatic N) is 7. The Bertz CT molecular complexity index is 1400. The van der Waals surface area contributed by atoms with Gasteiger partial charge in [0.15, 0.2) is 5.82 Å². The van der Waals surface area contributed by atoms with E-state index >= 15 is 0 Å². The van der Waals surface area contributed by atoms with Crippen molar-refractivity contribution in [3.63, 3.8) is 0 Å². The van der Waals surface area contributed by atoms with Crippen molar-refractivity contribution in [3.05, 3.63) is 48.9 Å². The van der Waals surface area contributed by atoms with Gasteiger partial charge in [-0.2, -0.15) is 10.2 Å². The van der Waals surface area contributed by atoms with Gasteiger partial charge in [-0.15, -0.1) is 0 Å². The molecule has 10 heteroatoms. The Kier molecular flexibility index (Phi) is 5.79. The minimum Gasteiger partial charge on any atom is -0.382 e. The van der Waals surface area contributed by atoms with E-state index in [1.807, 2.05) is 10.7 Å². The zero-order chi connectivity index (χ0) is 24.8. The van der Waals surface area contributed by atoms with Crippen molar-refractivity contribution >= 4 is 17.0 Å². The lowest BCUT2D eigenvalue weighted by Crippen LogP contribution is -2.56. The van der Waals surface area contributed by atoms with Crippen molar-refractivity contribution in [3.8, 4) is 22.5 Å². The lowest BCUT2D eigenvalue weighted by atomic mass is 10.1. The first-order valence-corrected chi connectivity index (χ1v) is 13.2. The van der Waals surface area contributed by atoms with Crippen LogP contribution >= 0.6 is 0 Å². The Morgan fingerprint density at radius 2 is 1.70 bits per heavy atom. The lowest BCUT2D eigenvalue weighted by Gasteiger charge is -2.43. The number of benzene rings is 1. The first-order chi connectivity index (χ1) is 18.3.